The van der Waals surface area contributed by atoms with Crippen molar-refractivity contribution in [2.45, 2.75) is 0 Å². The van der Waals surface area contributed by atoms with E-state index in [0.717, 1.165) is 22.3 Å². The molecule has 0 saturated heterocycles. The summed E-state index contributed by atoms with van der Waals surface area (Å²) in [4.78, 5) is 16.5. The van der Waals surface area contributed by atoms with Gasteiger partial charge in [-0.1, -0.05) is 127 Å². The second kappa shape index (κ2) is 11.1. The Bertz CT molecular complexity index is 2480. The van der Waals surface area contributed by atoms with Gasteiger partial charge in [-0.2, -0.15) is 0 Å². The average Bonchev–Trinajstić information content (AvgIpc) is 3.74. The van der Waals surface area contributed by atoms with Crippen LogP contribution in [-0.4, -0.2) is 15.0 Å². The third kappa shape index (κ3) is 4.78. The van der Waals surface area contributed by atoms with Gasteiger partial charge < -0.3 is 0 Å². The van der Waals surface area contributed by atoms with Crippen LogP contribution in [0.4, 0.5) is 0 Å². The molecule has 0 aliphatic carbocycles. The lowest BCUT2D eigenvalue weighted by atomic mass is 10.0. The number of thiophene rings is 2. The molecule has 3 nitrogen and oxygen atoms in total. The lowest BCUT2D eigenvalue weighted by Crippen LogP contribution is -2.00. The molecule has 6 aromatic carbocycles. The first-order chi connectivity index (χ1) is 22.8. The average molecular weight is 624 g/mol. The van der Waals surface area contributed by atoms with E-state index in [1.807, 2.05) is 17.4 Å². The second-order valence-corrected chi connectivity index (χ2v) is 13.4. The molecule has 216 valence electrons. The number of fused-ring (bicyclic) bond motifs is 4. The van der Waals surface area contributed by atoms with E-state index in [1.165, 1.54) is 46.3 Å². The predicted molar refractivity (Wildman–Crippen MR) is 195 cm³/mol. The van der Waals surface area contributed by atoms with Crippen LogP contribution in [0.5, 0.6) is 0 Å². The Balaban J connectivity index is 1.18. The van der Waals surface area contributed by atoms with Gasteiger partial charge >= 0.3 is 0 Å². The van der Waals surface area contributed by atoms with E-state index in [2.05, 4.69) is 146 Å². The Morgan fingerprint density at radius 2 is 0.935 bits per heavy atom. The van der Waals surface area contributed by atoms with E-state index in [1.54, 1.807) is 11.3 Å². The molecule has 0 spiro atoms. The number of hydrogen-bond donors (Lipinski definition) is 0. The summed E-state index contributed by atoms with van der Waals surface area (Å²) in [6.07, 6.45) is 0. The normalized spacial score (nSPS) is 11.5. The number of rotatable bonds is 5. The molecule has 0 fully saturated rings. The van der Waals surface area contributed by atoms with E-state index >= 15 is 0 Å². The summed E-state index contributed by atoms with van der Waals surface area (Å²) in [7, 11) is 0. The molecule has 0 atom stereocenters. The minimum atomic E-state index is 0.659. The van der Waals surface area contributed by atoms with E-state index in [0.29, 0.717) is 17.5 Å². The van der Waals surface area contributed by atoms with Gasteiger partial charge in [0.2, 0.25) is 0 Å². The van der Waals surface area contributed by atoms with Crippen molar-refractivity contribution in [3.8, 4) is 55.7 Å². The molecule has 0 bridgehead atoms. The quantitative estimate of drug-likeness (QED) is 0.191. The van der Waals surface area contributed by atoms with Crippen molar-refractivity contribution in [1.29, 1.82) is 0 Å². The molecule has 0 saturated carbocycles. The van der Waals surface area contributed by atoms with Crippen LogP contribution in [0.3, 0.4) is 0 Å². The molecule has 3 heterocycles. The maximum Gasteiger partial charge on any atom is 0.165 e. The van der Waals surface area contributed by atoms with Gasteiger partial charge in [-0.25, -0.2) is 15.0 Å². The van der Waals surface area contributed by atoms with Crippen molar-refractivity contribution < 1.29 is 0 Å². The Morgan fingerprint density at radius 3 is 1.67 bits per heavy atom. The summed E-state index contributed by atoms with van der Waals surface area (Å²) < 4.78 is 3.74. The van der Waals surface area contributed by atoms with E-state index in [9.17, 15) is 0 Å². The van der Waals surface area contributed by atoms with Crippen LogP contribution in [0.2, 0.25) is 0 Å². The number of hydrogen-bond acceptors (Lipinski definition) is 5. The van der Waals surface area contributed by atoms with Gasteiger partial charge in [-0.3, -0.25) is 0 Å². The Labute approximate surface area is 274 Å². The third-order valence-electron chi connectivity index (χ3n) is 8.38. The van der Waals surface area contributed by atoms with Crippen LogP contribution in [0.1, 0.15) is 0 Å². The molecular weight excluding hydrogens is 599 g/mol. The lowest BCUT2D eigenvalue weighted by molar-refractivity contribution is 1.08. The zero-order valence-corrected chi connectivity index (χ0v) is 26.2. The van der Waals surface area contributed by atoms with Crippen LogP contribution < -0.4 is 0 Å². The van der Waals surface area contributed by atoms with Gasteiger partial charge in [0, 0.05) is 46.4 Å². The highest BCUT2D eigenvalue weighted by Crippen LogP contribution is 2.40. The maximum absolute atomic E-state index is 5.11. The van der Waals surface area contributed by atoms with Gasteiger partial charge in [0.15, 0.2) is 17.5 Å². The minimum Gasteiger partial charge on any atom is -0.208 e. The van der Waals surface area contributed by atoms with Crippen molar-refractivity contribution in [2.75, 3.05) is 0 Å². The molecular formula is C41H25N3S2. The SMILES string of the molecule is c1ccc(-c2ccc(-c3nc(-c4ccc(-c5cc6ccccc6s5)cc4)nc(-c4cccc5c4sc4ccccc45)n3)cc2)cc1. The fourth-order valence-corrected chi connectivity index (χ4v) is 8.31. The third-order valence-corrected chi connectivity index (χ3v) is 10.8. The molecule has 0 aliphatic rings. The first-order valence-corrected chi connectivity index (χ1v) is 16.8. The zero-order valence-electron chi connectivity index (χ0n) is 24.6. The standard InChI is InChI=1S/C41H25N3S2/c1-2-9-26(10-3-1)27-17-21-29(22-18-27)39-42-40(30-23-19-28(20-24-30)37-25-31-11-4-6-15-35(31)45-37)44-41(43-39)34-14-8-13-33-32-12-5-7-16-36(32)46-38(33)34/h1-25H. The van der Waals surface area contributed by atoms with Gasteiger partial charge in [0.25, 0.3) is 0 Å². The molecule has 5 heteroatoms. The molecule has 0 amide bonds. The Kier molecular flexibility index (Phi) is 6.51. The van der Waals surface area contributed by atoms with Crippen molar-refractivity contribution in [1.82, 2.24) is 15.0 Å². The van der Waals surface area contributed by atoms with E-state index in [4.69, 9.17) is 15.0 Å². The van der Waals surface area contributed by atoms with Crippen LogP contribution in [0.25, 0.3) is 86.0 Å². The highest BCUT2D eigenvalue weighted by molar-refractivity contribution is 7.26. The number of nitrogens with zero attached hydrogens (tertiary/aromatic N) is 3. The van der Waals surface area contributed by atoms with Gasteiger partial charge in [0.1, 0.15) is 0 Å². The maximum atomic E-state index is 5.11. The van der Waals surface area contributed by atoms with Gasteiger partial charge in [0.05, 0.1) is 0 Å². The van der Waals surface area contributed by atoms with Crippen molar-refractivity contribution in [3.05, 3.63) is 152 Å². The number of aromatic nitrogens is 3. The highest BCUT2D eigenvalue weighted by atomic mass is 32.1. The summed E-state index contributed by atoms with van der Waals surface area (Å²) in [5, 5.41) is 3.75. The van der Waals surface area contributed by atoms with E-state index < -0.39 is 0 Å². The molecule has 0 N–H and O–H groups in total. The second-order valence-electron chi connectivity index (χ2n) is 11.3. The van der Waals surface area contributed by atoms with Gasteiger partial charge in [-0.15, -0.1) is 22.7 Å². The molecule has 3 aromatic heterocycles. The molecule has 9 aromatic rings. The molecule has 9 rings (SSSR count). The topological polar surface area (TPSA) is 38.7 Å². The van der Waals surface area contributed by atoms with Crippen LogP contribution in [0.15, 0.2) is 152 Å². The highest BCUT2D eigenvalue weighted by Gasteiger charge is 2.17. The predicted octanol–water partition coefficient (Wildman–Crippen LogP) is 11.8. The monoisotopic (exact) mass is 623 g/mol. The lowest BCUT2D eigenvalue weighted by Gasteiger charge is -2.10. The molecule has 46 heavy (non-hydrogen) atoms. The zero-order chi connectivity index (χ0) is 30.5. The summed E-state index contributed by atoms with van der Waals surface area (Å²) >= 11 is 3.60. The molecule has 0 radical (unpaired) electrons. The van der Waals surface area contributed by atoms with Crippen LogP contribution in [0, 0.1) is 0 Å². The largest absolute Gasteiger partial charge is 0.208 e. The minimum absolute atomic E-state index is 0.659. The van der Waals surface area contributed by atoms with E-state index in [-0.39, 0.29) is 0 Å². The fourth-order valence-electron chi connectivity index (χ4n) is 6.03. The summed E-state index contributed by atoms with van der Waals surface area (Å²) in [5.41, 5.74) is 6.46. The smallest absolute Gasteiger partial charge is 0.165 e. The molecule has 0 unspecified atom stereocenters. The summed E-state index contributed by atoms with van der Waals surface area (Å²) in [6, 6.07) is 53.3. The van der Waals surface area contributed by atoms with Crippen molar-refractivity contribution in [3.63, 3.8) is 0 Å². The Morgan fingerprint density at radius 1 is 0.370 bits per heavy atom. The summed E-state index contributed by atoms with van der Waals surface area (Å²) in [5.74, 6) is 2.00. The first-order valence-electron chi connectivity index (χ1n) is 15.2. The van der Waals surface area contributed by atoms with Crippen molar-refractivity contribution in [2.24, 2.45) is 0 Å². The summed E-state index contributed by atoms with van der Waals surface area (Å²) in [6.45, 7) is 0. The number of benzene rings is 6. The fraction of sp³-hybridized carbons (Fsp3) is 0. The van der Waals surface area contributed by atoms with Crippen LogP contribution in [-0.2, 0) is 0 Å². The molecule has 0 aliphatic heterocycles. The Hall–Kier alpha value is -5.49. The van der Waals surface area contributed by atoms with Gasteiger partial charge in [-0.05, 0) is 46.3 Å². The van der Waals surface area contributed by atoms with Crippen molar-refractivity contribution >= 4 is 52.9 Å². The first kappa shape index (κ1) is 26.9. The van der Waals surface area contributed by atoms with Crippen LogP contribution >= 0.6 is 22.7 Å².